The van der Waals surface area contributed by atoms with Gasteiger partial charge in [-0.25, -0.2) is 4.98 Å². The van der Waals surface area contributed by atoms with Gasteiger partial charge in [0.1, 0.15) is 0 Å². The fourth-order valence-corrected chi connectivity index (χ4v) is 5.11. The molecule has 0 radical (unpaired) electrons. The molecule has 0 atom stereocenters. The highest BCUT2D eigenvalue weighted by atomic mass is 32.2. The van der Waals surface area contributed by atoms with E-state index in [1.165, 1.54) is 46.2 Å². The monoisotopic (exact) mass is 339 g/mol. The van der Waals surface area contributed by atoms with Crippen LogP contribution < -0.4 is 0 Å². The van der Waals surface area contributed by atoms with Crippen LogP contribution in [0.1, 0.15) is 46.5 Å². The molecule has 2 rings (SSSR count). The molecule has 1 nitrogen and oxygen atoms in total. The summed E-state index contributed by atoms with van der Waals surface area (Å²) in [6, 6.07) is 8.41. The number of unbranched alkanes of at least 4 members (excludes halogenated alkanes) is 3. The molecule has 4 heteroatoms. The van der Waals surface area contributed by atoms with Crippen molar-refractivity contribution in [3.63, 3.8) is 0 Å². The summed E-state index contributed by atoms with van der Waals surface area (Å²) in [6.07, 6.45) is 5.38. The van der Waals surface area contributed by atoms with Crippen LogP contribution in [0, 0.1) is 0 Å². The summed E-state index contributed by atoms with van der Waals surface area (Å²) in [5, 5.41) is 0. The molecule has 0 amide bonds. The van der Waals surface area contributed by atoms with E-state index in [0.29, 0.717) is 4.75 Å². The van der Waals surface area contributed by atoms with Crippen molar-refractivity contribution in [3.8, 4) is 0 Å². The Bertz CT molecular complexity index is 509. The van der Waals surface area contributed by atoms with E-state index in [1.807, 2.05) is 23.1 Å². The van der Waals surface area contributed by atoms with Crippen LogP contribution in [0.15, 0.2) is 28.6 Å². The van der Waals surface area contributed by atoms with Crippen molar-refractivity contribution in [1.29, 1.82) is 0 Å². The number of hydrogen-bond acceptors (Lipinski definition) is 4. The Balaban J connectivity index is 1.56. The van der Waals surface area contributed by atoms with E-state index in [0.717, 1.165) is 5.52 Å². The van der Waals surface area contributed by atoms with Gasteiger partial charge < -0.3 is 0 Å². The number of nitrogens with zero attached hydrogens (tertiary/aromatic N) is 1. The van der Waals surface area contributed by atoms with Gasteiger partial charge in [-0.15, -0.1) is 11.3 Å². The van der Waals surface area contributed by atoms with Crippen molar-refractivity contribution in [3.05, 3.63) is 24.3 Å². The minimum Gasteiger partial charge on any atom is -0.230 e. The van der Waals surface area contributed by atoms with Gasteiger partial charge in [0.05, 0.1) is 10.2 Å². The highest BCUT2D eigenvalue weighted by molar-refractivity contribution is 8.01. The van der Waals surface area contributed by atoms with Gasteiger partial charge in [-0.1, -0.05) is 57.5 Å². The molecule has 0 spiro atoms. The van der Waals surface area contributed by atoms with Crippen molar-refractivity contribution >= 4 is 45.1 Å². The number of fused-ring (bicyclic) bond motifs is 1. The zero-order valence-corrected chi connectivity index (χ0v) is 15.7. The number of rotatable bonds is 8. The molecule has 2 aromatic rings. The van der Waals surface area contributed by atoms with Gasteiger partial charge >= 0.3 is 0 Å². The zero-order chi connectivity index (χ0) is 15.1. The number of thioether (sulfide) groups is 2. The van der Waals surface area contributed by atoms with Crippen LogP contribution in [0.2, 0.25) is 0 Å². The maximum atomic E-state index is 4.67. The van der Waals surface area contributed by atoms with Crippen LogP contribution in [0.5, 0.6) is 0 Å². The molecule has 0 N–H and O–H groups in total. The maximum absolute atomic E-state index is 4.67. The van der Waals surface area contributed by atoms with Gasteiger partial charge in [0.2, 0.25) is 0 Å². The largest absolute Gasteiger partial charge is 0.230 e. The Kier molecular flexibility index (Phi) is 6.90. The molecule has 1 aromatic carbocycles. The fourth-order valence-electron chi connectivity index (χ4n) is 2.01. The lowest BCUT2D eigenvalue weighted by Crippen LogP contribution is -2.08. The first-order chi connectivity index (χ1) is 10.0. The predicted octanol–water partition coefficient (Wildman–Crippen LogP) is 6.48. The summed E-state index contributed by atoms with van der Waals surface area (Å²) in [6.45, 7) is 6.89. The standard InChI is InChI=1S/C17H25NS3/c1-17(2,3)20-13-9-5-4-8-12-19-16-18-14-10-6-7-11-15(14)21-16/h6-7,10-11H,4-5,8-9,12-13H2,1-3H3. The second-order valence-corrected chi connectivity index (χ2v) is 10.5. The van der Waals surface area contributed by atoms with E-state index in [2.05, 4.69) is 61.8 Å². The minimum absolute atomic E-state index is 0.419. The Labute approximate surface area is 141 Å². The summed E-state index contributed by atoms with van der Waals surface area (Å²) < 4.78 is 2.95. The summed E-state index contributed by atoms with van der Waals surface area (Å²) in [5.41, 5.74) is 1.14. The highest BCUT2D eigenvalue weighted by Gasteiger charge is 2.09. The van der Waals surface area contributed by atoms with Crippen LogP contribution in [0.25, 0.3) is 10.2 Å². The lowest BCUT2D eigenvalue weighted by Gasteiger charge is -2.17. The van der Waals surface area contributed by atoms with E-state index in [-0.39, 0.29) is 0 Å². The number of aromatic nitrogens is 1. The van der Waals surface area contributed by atoms with Crippen LogP contribution >= 0.6 is 34.9 Å². The third-order valence-electron chi connectivity index (χ3n) is 3.07. The second-order valence-electron chi connectivity index (χ2n) is 6.17. The van der Waals surface area contributed by atoms with Crippen LogP contribution in [0.4, 0.5) is 0 Å². The van der Waals surface area contributed by atoms with Crippen molar-refractivity contribution in [2.45, 2.75) is 55.5 Å². The Hall–Kier alpha value is -0.190. The van der Waals surface area contributed by atoms with E-state index in [9.17, 15) is 0 Å². The molecule has 0 aliphatic rings. The first kappa shape index (κ1) is 17.2. The minimum atomic E-state index is 0.419. The van der Waals surface area contributed by atoms with E-state index < -0.39 is 0 Å². The zero-order valence-electron chi connectivity index (χ0n) is 13.2. The smallest absolute Gasteiger partial charge is 0.151 e. The topological polar surface area (TPSA) is 12.9 Å². The summed E-state index contributed by atoms with van der Waals surface area (Å²) >= 11 is 5.82. The van der Waals surface area contributed by atoms with Crippen molar-refractivity contribution in [2.24, 2.45) is 0 Å². The molecular formula is C17H25NS3. The van der Waals surface area contributed by atoms with Gasteiger partial charge in [-0.3, -0.25) is 0 Å². The van der Waals surface area contributed by atoms with E-state index >= 15 is 0 Å². The molecule has 116 valence electrons. The SMILES string of the molecule is CC(C)(C)SCCCCCCSc1nc2ccccc2s1. The fraction of sp³-hybridized carbons (Fsp3) is 0.588. The van der Waals surface area contributed by atoms with Gasteiger partial charge in [0.15, 0.2) is 4.34 Å². The Morgan fingerprint density at radius 1 is 1.00 bits per heavy atom. The van der Waals surface area contributed by atoms with Gasteiger partial charge in [-0.2, -0.15) is 11.8 Å². The molecule has 0 bridgehead atoms. The average molecular weight is 340 g/mol. The summed E-state index contributed by atoms with van der Waals surface area (Å²) in [5.74, 6) is 2.50. The Morgan fingerprint density at radius 2 is 1.71 bits per heavy atom. The van der Waals surface area contributed by atoms with Crippen LogP contribution in [-0.4, -0.2) is 21.2 Å². The number of para-hydroxylation sites is 1. The third kappa shape index (κ3) is 6.62. The summed E-state index contributed by atoms with van der Waals surface area (Å²) in [7, 11) is 0. The molecule has 0 saturated heterocycles. The first-order valence-corrected chi connectivity index (χ1v) is 10.5. The molecule has 0 aliphatic carbocycles. The molecule has 21 heavy (non-hydrogen) atoms. The number of benzene rings is 1. The molecule has 0 fully saturated rings. The molecule has 0 unspecified atom stereocenters. The average Bonchev–Trinajstić information content (AvgIpc) is 2.83. The van der Waals surface area contributed by atoms with Crippen molar-refractivity contribution in [1.82, 2.24) is 4.98 Å². The Morgan fingerprint density at radius 3 is 2.43 bits per heavy atom. The highest BCUT2D eigenvalue weighted by Crippen LogP contribution is 2.30. The van der Waals surface area contributed by atoms with Gasteiger partial charge in [-0.05, 0) is 30.7 Å². The normalized spacial score (nSPS) is 12.1. The molecular weight excluding hydrogens is 314 g/mol. The van der Waals surface area contributed by atoms with E-state index in [1.54, 1.807) is 0 Å². The summed E-state index contributed by atoms with van der Waals surface area (Å²) in [4.78, 5) is 4.67. The molecule has 1 aromatic heterocycles. The first-order valence-electron chi connectivity index (χ1n) is 7.67. The van der Waals surface area contributed by atoms with Gasteiger partial charge in [0.25, 0.3) is 0 Å². The lowest BCUT2D eigenvalue weighted by molar-refractivity contribution is 0.707. The van der Waals surface area contributed by atoms with Gasteiger partial charge in [0, 0.05) is 10.5 Å². The van der Waals surface area contributed by atoms with Crippen molar-refractivity contribution < 1.29 is 0 Å². The molecule has 0 saturated carbocycles. The number of hydrogen-bond donors (Lipinski definition) is 0. The lowest BCUT2D eigenvalue weighted by atomic mass is 10.2. The molecule has 0 aliphatic heterocycles. The predicted molar refractivity (Wildman–Crippen MR) is 101 cm³/mol. The number of thiazole rings is 1. The molecule has 1 heterocycles. The van der Waals surface area contributed by atoms with Crippen LogP contribution in [-0.2, 0) is 0 Å². The quantitative estimate of drug-likeness (QED) is 0.403. The van der Waals surface area contributed by atoms with E-state index in [4.69, 9.17) is 0 Å². The maximum Gasteiger partial charge on any atom is 0.151 e. The second kappa shape index (κ2) is 8.44. The van der Waals surface area contributed by atoms with Crippen LogP contribution in [0.3, 0.4) is 0 Å². The van der Waals surface area contributed by atoms with Crippen molar-refractivity contribution in [2.75, 3.05) is 11.5 Å². The third-order valence-corrected chi connectivity index (χ3v) is 6.70.